The molecule has 0 spiro atoms. The SMILES string of the molecule is CC(N)(F)C1=CCCCCC1. The summed E-state index contributed by atoms with van der Waals surface area (Å²) in [5.74, 6) is -1.58. The van der Waals surface area contributed by atoms with Gasteiger partial charge in [0.1, 0.15) is 0 Å². The van der Waals surface area contributed by atoms with E-state index in [0.717, 1.165) is 24.8 Å². The van der Waals surface area contributed by atoms with Crippen LogP contribution in [0.15, 0.2) is 11.6 Å². The van der Waals surface area contributed by atoms with E-state index in [2.05, 4.69) is 0 Å². The van der Waals surface area contributed by atoms with Crippen LogP contribution in [0, 0.1) is 0 Å². The second-order valence-electron chi connectivity index (χ2n) is 3.40. The molecule has 0 saturated heterocycles. The largest absolute Gasteiger partial charge is 0.296 e. The Morgan fingerprint density at radius 3 is 2.82 bits per heavy atom. The molecule has 0 bridgehead atoms. The van der Waals surface area contributed by atoms with E-state index in [1.165, 1.54) is 19.8 Å². The van der Waals surface area contributed by atoms with Crippen LogP contribution < -0.4 is 5.73 Å². The van der Waals surface area contributed by atoms with Gasteiger partial charge in [-0.3, -0.25) is 5.73 Å². The Bertz CT molecular complexity index is 155. The van der Waals surface area contributed by atoms with Crippen LogP contribution in [0.3, 0.4) is 0 Å². The Kier molecular flexibility index (Phi) is 2.66. The van der Waals surface area contributed by atoms with Gasteiger partial charge in [-0.2, -0.15) is 0 Å². The highest BCUT2D eigenvalue weighted by Gasteiger charge is 2.22. The molecule has 2 heteroatoms. The minimum Gasteiger partial charge on any atom is -0.296 e. The van der Waals surface area contributed by atoms with E-state index >= 15 is 0 Å². The van der Waals surface area contributed by atoms with Crippen LogP contribution in [0.25, 0.3) is 0 Å². The molecule has 1 nitrogen and oxygen atoms in total. The Balaban J connectivity index is 2.61. The van der Waals surface area contributed by atoms with Crippen molar-refractivity contribution >= 4 is 0 Å². The van der Waals surface area contributed by atoms with E-state index in [0.29, 0.717) is 0 Å². The van der Waals surface area contributed by atoms with Gasteiger partial charge in [0.05, 0.1) is 0 Å². The van der Waals surface area contributed by atoms with E-state index < -0.39 is 5.79 Å². The maximum atomic E-state index is 13.2. The lowest BCUT2D eigenvalue weighted by atomic mass is 10.0. The second kappa shape index (κ2) is 3.35. The highest BCUT2D eigenvalue weighted by Crippen LogP contribution is 2.25. The van der Waals surface area contributed by atoms with Crippen LogP contribution in [-0.4, -0.2) is 5.79 Å². The molecule has 0 aromatic carbocycles. The zero-order valence-electron chi connectivity index (χ0n) is 7.07. The van der Waals surface area contributed by atoms with Gasteiger partial charge < -0.3 is 0 Å². The van der Waals surface area contributed by atoms with Crippen molar-refractivity contribution in [3.8, 4) is 0 Å². The molecule has 0 aromatic heterocycles. The molecule has 2 N–H and O–H groups in total. The molecule has 11 heavy (non-hydrogen) atoms. The standard InChI is InChI=1S/C9H16FN/c1-9(10,11)8-6-4-2-3-5-7-8/h6H,2-5,7,11H2,1H3. The van der Waals surface area contributed by atoms with Crippen molar-refractivity contribution in [3.63, 3.8) is 0 Å². The predicted molar refractivity (Wildman–Crippen MR) is 44.9 cm³/mol. The van der Waals surface area contributed by atoms with E-state index in [1.807, 2.05) is 6.08 Å². The summed E-state index contributed by atoms with van der Waals surface area (Å²) in [7, 11) is 0. The lowest BCUT2D eigenvalue weighted by Gasteiger charge is -2.17. The molecule has 64 valence electrons. The molecule has 1 aliphatic rings. The molecule has 1 atom stereocenters. The molecule has 0 radical (unpaired) electrons. The Hall–Kier alpha value is -0.370. The maximum absolute atomic E-state index is 13.2. The van der Waals surface area contributed by atoms with Crippen LogP contribution in [0.2, 0.25) is 0 Å². The first kappa shape index (κ1) is 8.72. The first-order valence-corrected chi connectivity index (χ1v) is 4.28. The third-order valence-electron chi connectivity index (χ3n) is 2.17. The summed E-state index contributed by atoms with van der Waals surface area (Å²) >= 11 is 0. The van der Waals surface area contributed by atoms with Crippen molar-refractivity contribution in [2.45, 2.75) is 44.8 Å². The first-order chi connectivity index (χ1) is 5.11. The molecule has 0 heterocycles. The summed E-state index contributed by atoms with van der Waals surface area (Å²) in [5.41, 5.74) is 6.13. The van der Waals surface area contributed by atoms with Gasteiger partial charge in [-0.15, -0.1) is 0 Å². The summed E-state index contributed by atoms with van der Waals surface area (Å²) < 4.78 is 13.2. The van der Waals surface area contributed by atoms with Crippen molar-refractivity contribution in [2.75, 3.05) is 0 Å². The number of allylic oxidation sites excluding steroid dienone is 1. The van der Waals surface area contributed by atoms with Gasteiger partial charge in [0.25, 0.3) is 0 Å². The third kappa shape index (κ3) is 2.62. The van der Waals surface area contributed by atoms with Crippen molar-refractivity contribution < 1.29 is 4.39 Å². The van der Waals surface area contributed by atoms with Gasteiger partial charge in [0, 0.05) is 0 Å². The van der Waals surface area contributed by atoms with Gasteiger partial charge in [-0.1, -0.05) is 12.5 Å². The molecule has 0 aliphatic heterocycles. The van der Waals surface area contributed by atoms with Crippen molar-refractivity contribution in [3.05, 3.63) is 11.6 Å². The molecular formula is C9H16FN. The topological polar surface area (TPSA) is 26.0 Å². The van der Waals surface area contributed by atoms with E-state index in [9.17, 15) is 4.39 Å². The number of rotatable bonds is 1. The van der Waals surface area contributed by atoms with Crippen LogP contribution in [0.1, 0.15) is 39.0 Å². The van der Waals surface area contributed by atoms with Crippen molar-refractivity contribution in [2.24, 2.45) is 5.73 Å². The van der Waals surface area contributed by atoms with Crippen LogP contribution in [0.5, 0.6) is 0 Å². The smallest absolute Gasteiger partial charge is 0.178 e. The quantitative estimate of drug-likeness (QED) is 0.459. The highest BCUT2D eigenvalue weighted by molar-refractivity contribution is 5.14. The zero-order chi connectivity index (χ0) is 8.32. The zero-order valence-corrected chi connectivity index (χ0v) is 7.07. The summed E-state index contributed by atoms with van der Waals surface area (Å²) in [6.07, 6.45) is 7.26. The Labute approximate surface area is 67.5 Å². The van der Waals surface area contributed by atoms with Crippen molar-refractivity contribution in [1.82, 2.24) is 0 Å². The minimum atomic E-state index is -1.58. The number of nitrogens with two attached hydrogens (primary N) is 1. The van der Waals surface area contributed by atoms with E-state index in [-0.39, 0.29) is 0 Å². The van der Waals surface area contributed by atoms with E-state index in [4.69, 9.17) is 5.73 Å². The van der Waals surface area contributed by atoms with Gasteiger partial charge in [0.15, 0.2) is 5.79 Å². The van der Waals surface area contributed by atoms with Gasteiger partial charge in [0.2, 0.25) is 0 Å². The normalized spacial score (nSPS) is 25.2. The predicted octanol–water partition coefficient (Wildman–Crippen LogP) is 2.52. The average Bonchev–Trinajstić information content (AvgIpc) is 2.10. The fourth-order valence-corrected chi connectivity index (χ4v) is 1.46. The van der Waals surface area contributed by atoms with Crippen molar-refractivity contribution in [1.29, 1.82) is 0 Å². The summed E-state index contributed by atoms with van der Waals surface area (Å²) in [6.45, 7) is 1.43. The molecule has 1 unspecified atom stereocenters. The van der Waals surface area contributed by atoms with E-state index in [1.54, 1.807) is 0 Å². The number of alkyl halides is 1. The molecule has 1 rings (SSSR count). The Morgan fingerprint density at radius 1 is 1.45 bits per heavy atom. The molecular weight excluding hydrogens is 141 g/mol. The molecule has 0 amide bonds. The average molecular weight is 157 g/mol. The first-order valence-electron chi connectivity index (χ1n) is 4.28. The summed E-state index contributed by atoms with van der Waals surface area (Å²) in [4.78, 5) is 0. The monoisotopic (exact) mass is 157 g/mol. The van der Waals surface area contributed by atoms with Crippen LogP contribution in [0.4, 0.5) is 4.39 Å². The second-order valence-corrected chi connectivity index (χ2v) is 3.40. The highest BCUT2D eigenvalue weighted by atomic mass is 19.1. The van der Waals surface area contributed by atoms with Crippen LogP contribution >= 0.6 is 0 Å². The number of halogens is 1. The maximum Gasteiger partial charge on any atom is 0.178 e. The number of hydrogen-bond acceptors (Lipinski definition) is 1. The molecule has 1 aliphatic carbocycles. The fraction of sp³-hybridized carbons (Fsp3) is 0.778. The molecule has 0 fully saturated rings. The van der Waals surface area contributed by atoms with Gasteiger partial charge in [-0.25, -0.2) is 4.39 Å². The lowest BCUT2D eigenvalue weighted by Crippen LogP contribution is -2.32. The van der Waals surface area contributed by atoms with Gasteiger partial charge >= 0.3 is 0 Å². The summed E-state index contributed by atoms with van der Waals surface area (Å²) in [5, 5.41) is 0. The number of hydrogen-bond donors (Lipinski definition) is 1. The molecule has 0 saturated carbocycles. The van der Waals surface area contributed by atoms with Gasteiger partial charge in [-0.05, 0) is 38.2 Å². The Morgan fingerprint density at radius 2 is 2.18 bits per heavy atom. The van der Waals surface area contributed by atoms with Crippen LogP contribution in [-0.2, 0) is 0 Å². The fourth-order valence-electron chi connectivity index (χ4n) is 1.46. The lowest BCUT2D eigenvalue weighted by molar-refractivity contribution is 0.243. The molecule has 0 aromatic rings. The minimum absolute atomic E-state index is 0.787. The summed E-state index contributed by atoms with van der Waals surface area (Å²) in [6, 6.07) is 0. The third-order valence-corrected chi connectivity index (χ3v) is 2.17.